The molecule has 1 N–H and O–H groups in total. The number of phosphoric acid groups is 1. The number of carbonyl (C=O) groups excluding carboxylic acids is 1. The third kappa shape index (κ3) is 17.5. The Labute approximate surface area is 288 Å². The molecule has 1 aliphatic heterocycles. The second-order valence-electron chi connectivity index (χ2n) is 10.3. The van der Waals surface area contributed by atoms with Crippen LogP contribution in [-0.2, 0) is 46.6 Å². The summed E-state index contributed by atoms with van der Waals surface area (Å²) in [6.45, 7) is 10.4. The molecule has 0 aliphatic carbocycles. The summed E-state index contributed by atoms with van der Waals surface area (Å²) < 4.78 is 63.5. The summed E-state index contributed by atoms with van der Waals surface area (Å²) in [7, 11) is -1.16. The summed E-state index contributed by atoms with van der Waals surface area (Å²) in [6.07, 6.45) is 7.48. The van der Waals surface area contributed by atoms with Gasteiger partial charge in [0.05, 0.1) is 32.2 Å². The van der Waals surface area contributed by atoms with Crippen LogP contribution in [0.2, 0.25) is 0 Å². The van der Waals surface area contributed by atoms with Crippen molar-refractivity contribution in [2.75, 3.05) is 47.3 Å². The number of hydrogen-bond acceptors (Lipinski definition) is 11. The lowest BCUT2D eigenvalue weighted by Gasteiger charge is -2.45. The fraction of sp³-hybridized carbons (Fsp3) is 0.767. The minimum Gasteiger partial charge on any atom is -0.471 e. The number of alkyl halides is 3. The molecule has 12 nitrogen and oxygen atoms in total. The lowest BCUT2D eigenvalue weighted by atomic mass is 9.96. The summed E-state index contributed by atoms with van der Waals surface area (Å²) in [5, 5.41) is 2.67. The Balaban J connectivity index is 3.43. The van der Waals surface area contributed by atoms with Crippen LogP contribution < -0.4 is 5.32 Å². The molecule has 1 rings (SSSR count). The molecule has 0 aromatic rings. The predicted octanol–water partition coefficient (Wildman–Crippen LogP) is 7.42. The molecule has 1 aliphatic rings. The molecular weight excluding hydrogens is 688 g/mol. The van der Waals surface area contributed by atoms with Crippen LogP contribution in [0.3, 0.4) is 0 Å². The zero-order chi connectivity index (χ0) is 34.4. The predicted molar refractivity (Wildman–Crippen MR) is 178 cm³/mol. The number of rotatable bonds is 25. The van der Waals surface area contributed by atoms with Gasteiger partial charge in [0.25, 0.3) is 0 Å². The van der Waals surface area contributed by atoms with Crippen molar-refractivity contribution in [3.05, 3.63) is 37.6 Å². The van der Waals surface area contributed by atoms with E-state index in [4.69, 9.17) is 76.8 Å². The van der Waals surface area contributed by atoms with Crippen molar-refractivity contribution in [1.82, 2.24) is 5.32 Å². The lowest BCUT2D eigenvalue weighted by Crippen LogP contribution is -2.66. The zero-order valence-corrected chi connectivity index (χ0v) is 30.4. The average molecular weight is 739 g/mol. The van der Waals surface area contributed by atoms with E-state index in [9.17, 15) is 9.36 Å². The number of carbonyl (C=O) groups is 1. The van der Waals surface area contributed by atoms with Crippen LogP contribution in [0.5, 0.6) is 0 Å². The lowest BCUT2D eigenvalue weighted by molar-refractivity contribution is -0.262. The van der Waals surface area contributed by atoms with Gasteiger partial charge in [0.15, 0.2) is 0 Å². The molecule has 1 amide bonds. The first-order valence-corrected chi connectivity index (χ1v) is 17.9. The fourth-order valence-corrected chi connectivity index (χ4v) is 5.99. The zero-order valence-electron chi connectivity index (χ0n) is 27.2. The molecule has 0 saturated carbocycles. The quantitative estimate of drug-likeness (QED) is 0.0330. The van der Waals surface area contributed by atoms with Crippen molar-refractivity contribution in [2.45, 2.75) is 99.3 Å². The van der Waals surface area contributed by atoms with Gasteiger partial charge in [-0.2, -0.15) is 0 Å². The third-order valence-corrected chi connectivity index (χ3v) is 8.40. The first-order chi connectivity index (χ1) is 22.0. The number of alkyl carbamates (subject to hydrolysis) is 1. The Morgan fingerprint density at radius 3 is 2.28 bits per heavy atom. The molecule has 0 spiro atoms. The van der Waals surface area contributed by atoms with Gasteiger partial charge in [0.2, 0.25) is 10.1 Å². The molecule has 1 saturated heterocycles. The van der Waals surface area contributed by atoms with Crippen LogP contribution in [0.4, 0.5) is 4.79 Å². The fourth-order valence-electron chi connectivity index (χ4n) is 4.50. The number of amides is 1. The number of allylic oxidation sites excluding steroid dienone is 1. The Morgan fingerprint density at radius 1 is 1.04 bits per heavy atom. The number of phosphoric ester groups is 1. The second-order valence-corrected chi connectivity index (χ2v) is 14.5. The first kappa shape index (κ1) is 43.1. The van der Waals surface area contributed by atoms with E-state index < -0.39 is 55.0 Å². The smallest absolute Gasteiger partial charge is 0.471 e. The highest BCUT2D eigenvalue weighted by molar-refractivity contribution is 7.48. The molecule has 1 unspecified atom stereocenters. The van der Waals surface area contributed by atoms with E-state index >= 15 is 0 Å². The Hall–Kier alpha value is -0.890. The summed E-state index contributed by atoms with van der Waals surface area (Å²) in [5.74, 6) is 0. The highest BCUT2D eigenvalue weighted by Gasteiger charge is 2.52. The van der Waals surface area contributed by atoms with Gasteiger partial charge in [-0.3, -0.25) is 13.6 Å². The average Bonchev–Trinajstić information content (AvgIpc) is 3.02. The van der Waals surface area contributed by atoms with Gasteiger partial charge in [-0.25, -0.2) is 9.36 Å². The van der Waals surface area contributed by atoms with Gasteiger partial charge in [-0.05, 0) is 19.8 Å². The van der Waals surface area contributed by atoms with Gasteiger partial charge < -0.3 is 33.7 Å². The van der Waals surface area contributed by atoms with Crippen LogP contribution in [0.15, 0.2) is 37.6 Å². The molecule has 1 heterocycles. The highest BCUT2D eigenvalue weighted by atomic mass is 35.6. The molecule has 16 heteroatoms. The maximum Gasteiger partial charge on any atom is 0.475 e. The van der Waals surface area contributed by atoms with Crippen molar-refractivity contribution in [1.29, 1.82) is 0 Å². The molecule has 0 aromatic carbocycles. The van der Waals surface area contributed by atoms with E-state index in [-0.39, 0.29) is 32.5 Å². The van der Waals surface area contributed by atoms with Crippen molar-refractivity contribution < 1.29 is 51.4 Å². The van der Waals surface area contributed by atoms with E-state index in [2.05, 4.69) is 25.4 Å². The van der Waals surface area contributed by atoms with Gasteiger partial charge in [0, 0.05) is 20.8 Å². The Kier molecular flexibility index (Phi) is 22.8. The van der Waals surface area contributed by atoms with E-state index in [0.717, 1.165) is 25.7 Å². The molecular formula is C30H51Cl3NO11P. The van der Waals surface area contributed by atoms with Gasteiger partial charge >= 0.3 is 13.9 Å². The maximum atomic E-state index is 13.8. The second kappa shape index (κ2) is 24.3. The summed E-state index contributed by atoms with van der Waals surface area (Å²) in [4.78, 5) is 12.9. The topological polar surface area (TPSA) is 129 Å². The number of methoxy groups -OCH3 is 2. The van der Waals surface area contributed by atoms with Gasteiger partial charge in [-0.1, -0.05) is 92.1 Å². The first-order valence-electron chi connectivity index (χ1n) is 15.3. The molecule has 268 valence electrons. The summed E-state index contributed by atoms with van der Waals surface area (Å²) in [5.41, 5.74) is 0. The number of halogens is 3. The normalized spacial score (nSPS) is 22.8. The van der Waals surface area contributed by atoms with Gasteiger partial charge in [0.1, 0.15) is 31.0 Å². The standard InChI is InChI=1S/C30H51Cl3NO11P/c1-7-11-12-13-14-15-23(38-6)16-20-39-27-25(34-29(35)41-22-30(31,32)33)28(40-17-8-2)44-24(21-37-5)26(27)45-46(36,42-18-9-3)43-19-10-4/h8-10,17,23-28H,3-4,7,11-16,18-22H2,1-2,5-6H3,(H,34,35)/b17-8-/t23-,24-,25-,26-,27?,28+/m1/s1. The van der Waals surface area contributed by atoms with Crippen molar-refractivity contribution in [3.8, 4) is 0 Å². The molecule has 6 atom stereocenters. The number of nitrogens with one attached hydrogen (secondary N) is 1. The van der Waals surface area contributed by atoms with E-state index in [1.165, 1.54) is 38.4 Å². The van der Waals surface area contributed by atoms with Crippen molar-refractivity contribution in [2.24, 2.45) is 0 Å². The van der Waals surface area contributed by atoms with Crippen LogP contribution in [0.25, 0.3) is 0 Å². The van der Waals surface area contributed by atoms with Gasteiger partial charge in [-0.15, -0.1) is 13.2 Å². The Bertz CT molecular complexity index is 924. The third-order valence-electron chi connectivity index (χ3n) is 6.64. The minimum absolute atomic E-state index is 0.0357. The SMILES string of the molecule is C=CCOP(=O)(OCC=C)O[C@H]1C(OCC[C@@H](CCCCCCC)OC)[C@@H](NC(=O)OCC(Cl)(Cl)Cl)[C@@H](O/C=C\C)O[C@@H]1COC. The van der Waals surface area contributed by atoms with Crippen molar-refractivity contribution in [3.63, 3.8) is 0 Å². The molecule has 1 fully saturated rings. The van der Waals surface area contributed by atoms with E-state index in [1.54, 1.807) is 20.1 Å². The highest BCUT2D eigenvalue weighted by Crippen LogP contribution is 2.52. The van der Waals surface area contributed by atoms with Crippen LogP contribution in [0.1, 0.15) is 58.8 Å². The largest absolute Gasteiger partial charge is 0.475 e. The maximum absolute atomic E-state index is 13.8. The number of ether oxygens (including phenoxy) is 6. The summed E-state index contributed by atoms with van der Waals surface area (Å²) in [6, 6.07) is -1.10. The van der Waals surface area contributed by atoms with Crippen LogP contribution in [0, 0.1) is 0 Å². The molecule has 0 bridgehead atoms. The van der Waals surface area contributed by atoms with Crippen molar-refractivity contribution >= 4 is 48.7 Å². The van der Waals surface area contributed by atoms with Crippen LogP contribution >= 0.6 is 42.6 Å². The molecule has 46 heavy (non-hydrogen) atoms. The minimum atomic E-state index is -4.27. The number of unbranched alkanes of at least 4 members (excludes halogenated alkanes) is 4. The van der Waals surface area contributed by atoms with Crippen LogP contribution in [-0.4, -0.2) is 93.9 Å². The number of hydrogen-bond donors (Lipinski definition) is 1. The monoisotopic (exact) mass is 737 g/mol. The molecule has 0 aromatic heterocycles. The Morgan fingerprint density at radius 2 is 1.72 bits per heavy atom. The summed E-state index contributed by atoms with van der Waals surface area (Å²) >= 11 is 17.3. The van der Waals surface area contributed by atoms with E-state index in [0.29, 0.717) is 6.42 Å². The molecule has 0 radical (unpaired) electrons. The van der Waals surface area contributed by atoms with E-state index in [1.807, 2.05) is 0 Å².